The van der Waals surface area contributed by atoms with Crippen LogP contribution in [0.2, 0.25) is 0 Å². The molecule has 102 valence electrons. The Bertz CT molecular complexity index is 393. The molecule has 1 heterocycles. The third kappa shape index (κ3) is 2.68. The van der Waals surface area contributed by atoms with Gasteiger partial charge >= 0.3 is 6.18 Å². The van der Waals surface area contributed by atoms with Gasteiger partial charge in [-0.15, -0.1) is 0 Å². The first kappa shape index (κ1) is 13.4. The molecule has 2 rings (SSSR count). The highest BCUT2D eigenvalue weighted by Gasteiger charge is 2.39. The molecule has 1 aliphatic rings. The first-order valence-electron chi connectivity index (χ1n) is 6.28. The maximum absolute atomic E-state index is 13.0. The van der Waals surface area contributed by atoms with E-state index < -0.39 is 18.5 Å². The number of halogens is 3. The van der Waals surface area contributed by atoms with Crippen molar-refractivity contribution in [1.82, 2.24) is 9.78 Å². The Morgan fingerprint density at radius 1 is 1.22 bits per heavy atom. The summed E-state index contributed by atoms with van der Waals surface area (Å²) in [5.74, 6) is 0. The largest absolute Gasteiger partial charge is 0.433 e. The van der Waals surface area contributed by atoms with Gasteiger partial charge in [0.25, 0.3) is 0 Å². The fourth-order valence-corrected chi connectivity index (χ4v) is 2.60. The summed E-state index contributed by atoms with van der Waals surface area (Å²) in [7, 11) is 0. The minimum Gasteiger partial charge on any atom is -0.392 e. The molecule has 1 aromatic rings. The fraction of sp³-hybridized carbons (Fsp3) is 0.750. The topological polar surface area (TPSA) is 38.1 Å². The zero-order valence-corrected chi connectivity index (χ0v) is 10.1. The molecule has 0 unspecified atom stereocenters. The number of hydrogen-bond donors (Lipinski definition) is 1. The van der Waals surface area contributed by atoms with E-state index >= 15 is 0 Å². The highest BCUT2D eigenvalue weighted by Crippen LogP contribution is 2.36. The van der Waals surface area contributed by atoms with Gasteiger partial charge in [-0.2, -0.15) is 18.3 Å². The molecule has 0 aliphatic heterocycles. The van der Waals surface area contributed by atoms with Gasteiger partial charge in [0.2, 0.25) is 0 Å². The third-order valence-corrected chi connectivity index (χ3v) is 3.48. The van der Waals surface area contributed by atoms with E-state index in [4.69, 9.17) is 5.11 Å². The number of rotatable bonds is 2. The number of nitrogens with zero attached hydrogens (tertiary/aromatic N) is 2. The van der Waals surface area contributed by atoms with E-state index in [-0.39, 0.29) is 11.6 Å². The second kappa shape index (κ2) is 5.30. The van der Waals surface area contributed by atoms with Crippen LogP contribution in [-0.4, -0.2) is 14.9 Å². The van der Waals surface area contributed by atoms with Crippen molar-refractivity contribution < 1.29 is 18.3 Å². The average molecular weight is 262 g/mol. The van der Waals surface area contributed by atoms with Gasteiger partial charge < -0.3 is 5.11 Å². The lowest BCUT2D eigenvalue weighted by atomic mass is 10.1. The normalized spacial score (nSPS) is 18.9. The van der Waals surface area contributed by atoms with Gasteiger partial charge in [0.05, 0.1) is 18.8 Å². The van der Waals surface area contributed by atoms with Gasteiger partial charge in [-0.1, -0.05) is 25.7 Å². The molecule has 0 atom stereocenters. The van der Waals surface area contributed by atoms with Crippen LogP contribution < -0.4 is 0 Å². The number of hydrogen-bond acceptors (Lipinski definition) is 2. The summed E-state index contributed by atoms with van der Waals surface area (Å²) in [6.07, 6.45) is 2.17. The van der Waals surface area contributed by atoms with E-state index in [0.717, 1.165) is 49.4 Å². The van der Waals surface area contributed by atoms with E-state index in [1.165, 1.54) is 0 Å². The van der Waals surface area contributed by atoms with Gasteiger partial charge in [0, 0.05) is 5.56 Å². The van der Waals surface area contributed by atoms with Crippen molar-refractivity contribution in [2.75, 3.05) is 0 Å². The van der Waals surface area contributed by atoms with Crippen molar-refractivity contribution in [3.8, 4) is 0 Å². The molecule has 0 radical (unpaired) electrons. The van der Waals surface area contributed by atoms with Crippen LogP contribution in [0.3, 0.4) is 0 Å². The molecule has 18 heavy (non-hydrogen) atoms. The first-order valence-corrected chi connectivity index (χ1v) is 6.28. The van der Waals surface area contributed by atoms with Crippen molar-refractivity contribution in [3.05, 3.63) is 17.5 Å². The molecule has 1 fully saturated rings. The van der Waals surface area contributed by atoms with E-state index in [1.54, 1.807) is 0 Å². The quantitative estimate of drug-likeness (QED) is 0.830. The van der Waals surface area contributed by atoms with Crippen LogP contribution >= 0.6 is 0 Å². The maximum atomic E-state index is 13.0. The maximum Gasteiger partial charge on any atom is 0.433 e. The number of aliphatic hydroxyl groups excluding tert-OH is 1. The summed E-state index contributed by atoms with van der Waals surface area (Å²) in [5, 5.41) is 12.9. The Balaban J connectivity index is 2.34. The molecule has 0 spiro atoms. The number of aliphatic hydroxyl groups is 1. The zero-order chi connectivity index (χ0) is 13.2. The van der Waals surface area contributed by atoms with E-state index in [2.05, 4.69) is 5.10 Å². The van der Waals surface area contributed by atoms with Crippen LogP contribution in [0, 0.1) is 0 Å². The molecule has 0 aromatic carbocycles. The SMILES string of the molecule is OCc1cnn(C2CCCCCC2)c1C(F)(F)F. The Labute approximate surface area is 104 Å². The van der Waals surface area contributed by atoms with Gasteiger partial charge in [0.1, 0.15) is 5.69 Å². The van der Waals surface area contributed by atoms with Crippen molar-refractivity contribution in [3.63, 3.8) is 0 Å². The summed E-state index contributed by atoms with van der Waals surface area (Å²) < 4.78 is 40.1. The van der Waals surface area contributed by atoms with E-state index in [9.17, 15) is 13.2 Å². The third-order valence-electron chi connectivity index (χ3n) is 3.48. The van der Waals surface area contributed by atoms with Crippen LogP contribution in [-0.2, 0) is 12.8 Å². The molecule has 0 bridgehead atoms. The number of alkyl halides is 3. The second-order valence-corrected chi connectivity index (χ2v) is 4.76. The summed E-state index contributed by atoms with van der Waals surface area (Å²) in [5.41, 5.74) is -0.913. The molecular weight excluding hydrogens is 245 g/mol. The van der Waals surface area contributed by atoms with Crippen molar-refractivity contribution >= 4 is 0 Å². The molecule has 1 aromatic heterocycles. The Hall–Kier alpha value is -1.04. The fourth-order valence-electron chi connectivity index (χ4n) is 2.60. The second-order valence-electron chi connectivity index (χ2n) is 4.76. The monoisotopic (exact) mass is 262 g/mol. The summed E-state index contributed by atoms with van der Waals surface area (Å²) in [4.78, 5) is 0. The summed E-state index contributed by atoms with van der Waals surface area (Å²) >= 11 is 0. The van der Waals surface area contributed by atoms with Crippen LogP contribution in [0.25, 0.3) is 0 Å². The van der Waals surface area contributed by atoms with Crippen molar-refractivity contribution in [2.24, 2.45) is 0 Å². The van der Waals surface area contributed by atoms with Crippen LogP contribution in [0.4, 0.5) is 13.2 Å². The minimum absolute atomic E-state index is 0.133. The van der Waals surface area contributed by atoms with Crippen LogP contribution in [0.5, 0.6) is 0 Å². The predicted molar refractivity (Wildman–Crippen MR) is 59.9 cm³/mol. The molecular formula is C12H17F3N2O. The Kier molecular flexibility index (Phi) is 3.94. The molecule has 1 N–H and O–H groups in total. The van der Waals surface area contributed by atoms with Gasteiger partial charge in [-0.25, -0.2) is 0 Å². The predicted octanol–water partition coefficient (Wildman–Crippen LogP) is 3.29. The van der Waals surface area contributed by atoms with E-state index in [0.29, 0.717) is 0 Å². The molecule has 0 amide bonds. The smallest absolute Gasteiger partial charge is 0.392 e. The molecule has 6 heteroatoms. The van der Waals surface area contributed by atoms with Crippen molar-refractivity contribution in [2.45, 2.75) is 57.3 Å². The van der Waals surface area contributed by atoms with Crippen LogP contribution in [0.15, 0.2) is 6.20 Å². The molecule has 0 saturated heterocycles. The standard InChI is InChI=1S/C12H17F3N2O/c13-12(14,15)11-9(8-18)7-16-17(11)10-5-3-1-2-4-6-10/h7,10,18H,1-6,8H2. The lowest BCUT2D eigenvalue weighted by molar-refractivity contribution is -0.146. The highest BCUT2D eigenvalue weighted by atomic mass is 19.4. The summed E-state index contributed by atoms with van der Waals surface area (Å²) in [6.45, 7) is -0.623. The first-order chi connectivity index (χ1) is 8.54. The van der Waals surface area contributed by atoms with Gasteiger partial charge in [-0.05, 0) is 12.8 Å². The molecule has 1 saturated carbocycles. The van der Waals surface area contributed by atoms with Crippen molar-refractivity contribution in [1.29, 1.82) is 0 Å². The number of aromatic nitrogens is 2. The average Bonchev–Trinajstić information content (AvgIpc) is 2.57. The Morgan fingerprint density at radius 2 is 1.83 bits per heavy atom. The molecule has 3 nitrogen and oxygen atoms in total. The highest BCUT2D eigenvalue weighted by molar-refractivity contribution is 5.20. The van der Waals surface area contributed by atoms with Crippen LogP contribution in [0.1, 0.15) is 55.8 Å². The van der Waals surface area contributed by atoms with Gasteiger partial charge in [-0.3, -0.25) is 4.68 Å². The lowest BCUT2D eigenvalue weighted by Gasteiger charge is -2.20. The molecule has 1 aliphatic carbocycles. The zero-order valence-electron chi connectivity index (χ0n) is 10.1. The minimum atomic E-state index is -4.46. The Morgan fingerprint density at radius 3 is 2.33 bits per heavy atom. The van der Waals surface area contributed by atoms with E-state index in [1.807, 2.05) is 0 Å². The summed E-state index contributed by atoms with van der Waals surface area (Å²) in [6, 6.07) is -0.190. The lowest BCUT2D eigenvalue weighted by Crippen LogP contribution is -2.20. The van der Waals surface area contributed by atoms with Gasteiger partial charge in [0.15, 0.2) is 0 Å².